The van der Waals surface area contributed by atoms with Crippen LogP contribution in [0, 0.1) is 0 Å². The molecule has 0 aliphatic rings. The highest BCUT2D eigenvalue weighted by Gasteiger charge is 2.02. The molecular formula is C10H23NO3Si. The number of carboxylic acids is 1. The molecule has 0 bridgehead atoms. The van der Waals surface area contributed by atoms with Crippen LogP contribution in [0.5, 0.6) is 0 Å². The van der Waals surface area contributed by atoms with Gasteiger partial charge in [-0.05, 0) is 39.9 Å². The Balaban J connectivity index is 3.23. The molecule has 15 heavy (non-hydrogen) atoms. The maximum absolute atomic E-state index is 10.3. The molecule has 0 aliphatic heterocycles. The molecular weight excluding hydrogens is 210 g/mol. The molecule has 4 nitrogen and oxygen atoms in total. The maximum atomic E-state index is 10.3. The van der Waals surface area contributed by atoms with Gasteiger partial charge in [0.15, 0.2) is 9.76 Å². The van der Waals surface area contributed by atoms with Gasteiger partial charge in [0.25, 0.3) is 0 Å². The van der Waals surface area contributed by atoms with Crippen LogP contribution in [-0.4, -0.2) is 52.0 Å². The number of hydrogen-bond acceptors (Lipinski definition) is 3. The Bertz CT molecular complexity index is 176. The van der Waals surface area contributed by atoms with Gasteiger partial charge in [0.2, 0.25) is 0 Å². The van der Waals surface area contributed by atoms with Crippen LogP contribution in [0.15, 0.2) is 0 Å². The van der Waals surface area contributed by atoms with Gasteiger partial charge in [0.05, 0.1) is 6.42 Å². The number of carboxylic acid groups (broad SMARTS) is 1. The molecule has 0 aromatic heterocycles. The largest absolute Gasteiger partial charge is 0.481 e. The quantitative estimate of drug-likeness (QED) is 0.471. The maximum Gasteiger partial charge on any atom is 0.304 e. The van der Waals surface area contributed by atoms with Crippen molar-refractivity contribution in [3.63, 3.8) is 0 Å². The molecule has 0 rings (SSSR count). The molecule has 0 radical (unpaired) electrons. The predicted molar refractivity (Wildman–Crippen MR) is 63.9 cm³/mol. The predicted octanol–water partition coefficient (Wildman–Crippen LogP) is 0.710. The van der Waals surface area contributed by atoms with Gasteiger partial charge in [0, 0.05) is 12.6 Å². The van der Waals surface area contributed by atoms with Crippen molar-refractivity contribution in [3.05, 3.63) is 0 Å². The number of nitrogens with zero attached hydrogens (tertiary/aromatic N) is 1. The summed E-state index contributed by atoms with van der Waals surface area (Å²) >= 11 is 0. The second kappa shape index (κ2) is 8.88. The lowest BCUT2D eigenvalue weighted by Gasteiger charge is -2.15. The fourth-order valence-electron chi connectivity index (χ4n) is 1.20. The fourth-order valence-corrected chi connectivity index (χ4v) is 2.27. The highest BCUT2D eigenvalue weighted by Crippen LogP contribution is 1.96. The summed E-state index contributed by atoms with van der Waals surface area (Å²) in [6, 6.07) is 1.18. The number of aliphatic carboxylic acids is 1. The van der Waals surface area contributed by atoms with Crippen molar-refractivity contribution in [1.82, 2.24) is 4.90 Å². The Morgan fingerprint density at radius 2 is 2.13 bits per heavy atom. The zero-order chi connectivity index (χ0) is 11.7. The van der Waals surface area contributed by atoms with E-state index in [0.717, 1.165) is 13.0 Å². The monoisotopic (exact) mass is 233 g/mol. The van der Waals surface area contributed by atoms with Gasteiger partial charge < -0.3 is 14.4 Å². The van der Waals surface area contributed by atoms with Crippen LogP contribution in [0.1, 0.15) is 26.7 Å². The zero-order valence-corrected chi connectivity index (χ0v) is 11.4. The van der Waals surface area contributed by atoms with Crippen LogP contribution in [0.3, 0.4) is 0 Å². The van der Waals surface area contributed by atoms with Crippen molar-refractivity contribution in [1.29, 1.82) is 0 Å². The molecule has 0 amide bonds. The van der Waals surface area contributed by atoms with E-state index >= 15 is 0 Å². The number of carbonyl (C=O) groups is 1. The van der Waals surface area contributed by atoms with Crippen LogP contribution in [0.25, 0.3) is 0 Å². The fraction of sp³-hybridized carbons (Fsp3) is 0.900. The average molecular weight is 233 g/mol. The first-order chi connectivity index (χ1) is 7.02. The van der Waals surface area contributed by atoms with Crippen LogP contribution in [-0.2, 0) is 9.22 Å². The van der Waals surface area contributed by atoms with Gasteiger partial charge in [-0.2, -0.15) is 0 Å². The van der Waals surface area contributed by atoms with Gasteiger partial charge >= 0.3 is 5.97 Å². The Morgan fingerprint density at radius 3 is 2.67 bits per heavy atom. The second-order valence-corrected chi connectivity index (χ2v) is 5.52. The summed E-state index contributed by atoms with van der Waals surface area (Å²) in [6.45, 7) is 5.74. The Hall–Kier alpha value is -0.393. The molecule has 0 aliphatic carbocycles. The summed E-state index contributed by atoms with van der Waals surface area (Å²) in [5, 5.41) is 8.49. The second-order valence-electron chi connectivity index (χ2n) is 4.07. The molecule has 0 unspecified atom stereocenters. The lowest BCUT2D eigenvalue weighted by atomic mass is 10.3. The first-order valence-corrected chi connectivity index (χ1v) is 7.12. The standard InChI is InChI=1S/C10H23NO3Si/c1-9(2)14-15-8-4-6-11(3)7-5-10(12)13/h9H,4-8,15H2,1-3H3,(H,12,13). The van der Waals surface area contributed by atoms with E-state index in [1.54, 1.807) is 0 Å². The molecule has 5 heteroatoms. The third-order valence-electron chi connectivity index (χ3n) is 2.09. The molecule has 0 atom stereocenters. The minimum atomic E-state index is -0.723. The number of rotatable bonds is 9. The number of hydrogen-bond donors (Lipinski definition) is 1. The van der Waals surface area contributed by atoms with Crippen LogP contribution >= 0.6 is 0 Å². The molecule has 0 aromatic rings. The van der Waals surface area contributed by atoms with Crippen molar-refractivity contribution in [2.45, 2.75) is 38.8 Å². The summed E-state index contributed by atoms with van der Waals surface area (Å²) < 4.78 is 5.55. The van der Waals surface area contributed by atoms with E-state index in [2.05, 4.69) is 18.7 Å². The van der Waals surface area contributed by atoms with Crippen molar-refractivity contribution in [2.75, 3.05) is 20.1 Å². The highest BCUT2D eigenvalue weighted by atomic mass is 28.2. The minimum Gasteiger partial charge on any atom is -0.481 e. The van der Waals surface area contributed by atoms with E-state index in [1.807, 2.05) is 7.05 Å². The first-order valence-electron chi connectivity index (χ1n) is 5.54. The molecule has 0 aromatic carbocycles. The normalized spacial score (nSPS) is 12.1. The van der Waals surface area contributed by atoms with Crippen LogP contribution < -0.4 is 0 Å². The van der Waals surface area contributed by atoms with Crippen molar-refractivity contribution >= 4 is 15.7 Å². The summed E-state index contributed by atoms with van der Waals surface area (Å²) in [7, 11) is 1.61. The van der Waals surface area contributed by atoms with E-state index in [0.29, 0.717) is 12.6 Å². The molecule has 0 fully saturated rings. The Morgan fingerprint density at radius 1 is 1.47 bits per heavy atom. The molecule has 0 heterocycles. The molecule has 0 saturated carbocycles. The summed E-state index contributed by atoms with van der Waals surface area (Å²) in [5.74, 6) is -0.723. The van der Waals surface area contributed by atoms with Crippen molar-refractivity contribution < 1.29 is 14.3 Å². The first kappa shape index (κ1) is 14.6. The van der Waals surface area contributed by atoms with Crippen molar-refractivity contribution in [3.8, 4) is 0 Å². The topological polar surface area (TPSA) is 49.8 Å². The van der Waals surface area contributed by atoms with Crippen molar-refractivity contribution in [2.24, 2.45) is 0 Å². The third-order valence-corrected chi connectivity index (χ3v) is 3.78. The zero-order valence-electron chi connectivity index (χ0n) is 10.0. The van der Waals surface area contributed by atoms with Crippen LogP contribution in [0.2, 0.25) is 6.04 Å². The smallest absolute Gasteiger partial charge is 0.304 e. The lowest BCUT2D eigenvalue weighted by Crippen LogP contribution is -2.23. The summed E-state index contributed by atoms with van der Waals surface area (Å²) in [5.41, 5.74) is 0. The third kappa shape index (κ3) is 11.5. The average Bonchev–Trinajstić information content (AvgIpc) is 2.13. The van der Waals surface area contributed by atoms with E-state index in [9.17, 15) is 4.79 Å². The summed E-state index contributed by atoms with van der Waals surface area (Å²) in [4.78, 5) is 12.4. The van der Waals surface area contributed by atoms with E-state index in [1.165, 1.54) is 6.04 Å². The molecule has 0 saturated heterocycles. The van der Waals surface area contributed by atoms with E-state index in [-0.39, 0.29) is 16.2 Å². The molecule has 0 spiro atoms. The molecule has 1 N–H and O–H groups in total. The van der Waals surface area contributed by atoms with E-state index < -0.39 is 5.97 Å². The van der Waals surface area contributed by atoms with Gasteiger partial charge in [-0.15, -0.1) is 0 Å². The van der Waals surface area contributed by atoms with E-state index in [4.69, 9.17) is 9.53 Å². The van der Waals surface area contributed by atoms with Gasteiger partial charge in [0.1, 0.15) is 0 Å². The molecule has 90 valence electrons. The van der Waals surface area contributed by atoms with Crippen LogP contribution in [0.4, 0.5) is 0 Å². The minimum absolute atomic E-state index is 0.233. The lowest BCUT2D eigenvalue weighted by molar-refractivity contribution is -0.137. The summed E-state index contributed by atoms with van der Waals surface area (Å²) in [6.07, 6.45) is 1.72. The van der Waals surface area contributed by atoms with Gasteiger partial charge in [-0.25, -0.2) is 0 Å². The SMILES string of the molecule is CC(C)O[SiH2]CCCN(C)CCC(=O)O. The van der Waals surface area contributed by atoms with Gasteiger partial charge in [-0.1, -0.05) is 0 Å². The van der Waals surface area contributed by atoms with Gasteiger partial charge in [-0.3, -0.25) is 4.79 Å². The highest BCUT2D eigenvalue weighted by molar-refractivity contribution is 6.27. The Labute approximate surface area is 94.6 Å². The Kier molecular flexibility index (Phi) is 8.65.